The molecule has 4 nitrogen and oxygen atoms in total. The maximum absolute atomic E-state index is 12.6. The lowest BCUT2D eigenvalue weighted by Gasteiger charge is -2.22. The number of benzene rings is 2. The van der Waals surface area contributed by atoms with E-state index < -0.39 is 0 Å². The van der Waals surface area contributed by atoms with Gasteiger partial charge in [0.25, 0.3) is 11.8 Å². The second-order valence-electron chi connectivity index (χ2n) is 5.97. The van der Waals surface area contributed by atoms with Crippen LogP contribution >= 0.6 is 0 Å². The molecular formula is C20H22N2O2. The van der Waals surface area contributed by atoms with Gasteiger partial charge < -0.3 is 0 Å². The molecular weight excluding hydrogens is 300 g/mol. The second kappa shape index (κ2) is 6.97. The molecule has 1 aliphatic heterocycles. The van der Waals surface area contributed by atoms with Crippen molar-refractivity contribution in [3.8, 4) is 0 Å². The Morgan fingerprint density at radius 3 is 1.83 bits per heavy atom. The Morgan fingerprint density at radius 2 is 1.29 bits per heavy atom. The molecule has 4 heteroatoms. The van der Waals surface area contributed by atoms with Gasteiger partial charge in [-0.3, -0.25) is 19.4 Å². The lowest BCUT2D eigenvalue weighted by Crippen LogP contribution is -2.30. The van der Waals surface area contributed by atoms with E-state index >= 15 is 0 Å². The van der Waals surface area contributed by atoms with Gasteiger partial charge in [0.1, 0.15) is 0 Å². The predicted octanol–water partition coefficient (Wildman–Crippen LogP) is 3.32. The van der Waals surface area contributed by atoms with Crippen LogP contribution in [0.5, 0.6) is 0 Å². The highest BCUT2D eigenvalue weighted by Gasteiger charge is 2.35. The van der Waals surface area contributed by atoms with Crippen molar-refractivity contribution < 1.29 is 9.59 Å². The molecule has 3 rings (SSSR count). The molecule has 0 saturated heterocycles. The summed E-state index contributed by atoms with van der Waals surface area (Å²) in [5.41, 5.74) is 3.20. The Kier molecular flexibility index (Phi) is 4.76. The Bertz CT molecular complexity index is 731. The van der Waals surface area contributed by atoms with E-state index in [1.165, 1.54) is 4.90 Å². The van der Waals surface area contributed by atoms with Gasteiger partial charge in [0.15, 0.2) is 0 Å². The number of carbonyl (C=O) groups is 2. The third-order valence-corrected chi connectivity index (χ3v) is 4.61. The van der Waals surface area contributed by atoms with Gasteiger partial charge in [-0.25, -0.2) is 0 Å². The number of hydrogen-bond donors (Lipinski definition) is 0. The van der Waals surface area contributed by atoms with Crippen LogP contribution in [0.4, 0.5) is 0 Å². The lowest BCUT2D eigenvalue weighted by atomic mass is 10.1. The number of nitrogens with zero attached hydrogens (tertiary/aromatic N) is 2. The van der Waals surface area contributed by atoms with E-state index in [2.05, 4.69) is 24.8 Å². The van der Waals surface area contributed by atoms with E-state index in [1.807, 2.05) is 18.2 Å². The summed E-state index contributed by atoms with van der Waals surface area (Å²) in [7, 11) is 0. The maximum atomic E-state index is 12.6. The molecule has 2 aromatic rings. The minimum absolute atomic E-state index is 0.201. The fourth-order valence-electron chi connectivity index (χ4n) is 3.11. The number of carbonyl (C=O) groups excluding carboxylic acids is 2. The number of amides is 2. The molecule has 0 spiro atoms. The second-order valence-corrected chi connectivity index (χ2v) is 5.97. The van der Waals surface area contributed by atoms with Gasteiger partial charge in [-0.1, -0.05) is 50.2 Å². The third kappa shape index (κ3) is 2.97. The predicted molar refractivity (Wildman–Crippen MR) is 93.7 cm³/mol. The number of imide groups is 1. The van der Waals surface area contributed by atoms with Crippen molar-refractivity contribution in [2.45, 2.75) is 26.9 Å². The number of rotatable bonds is 6. The zero-order valence-electron chi connectivity index (χ0n) is 14.2. The molecule has 0 bridgehead atoms. The Labute approximate surface area is 142 Å². The average Bonchev–Trinajstić information content (AvgIpc) is 2.86. The first-order valence-corrected chi connectivity index (χ1v) is 8.40. The van der Waals surface area contributed by atoms with Crippen molar-refractivity contribution >= 4 is 11.8 Å². The smallest absolute Gasteiger partial charge is 0.261 e. The lowest BCUT2D eigenvalue weighted by molar-refractivity contribution is 0.0641. The van der Waals surface area contributed by atoms with E-state index in [4.69, 9.17) is 0 Å². The van der Waals surface area contributed by atoms with Crippen molar-refractivity contribution in [3.63, 3.8) is 0 Å². The molecule has 0 saturated carbocycles. The zero-order valence-corrected chi connectivity index (χ0v) is 14.2. The molecule has 0 fully saturated rings. The zero-order chi connectivity index (χ0) is 17.1. The van der Waals surface area contributed by atoms with Gasteiger partial charge in [0.05, 0.1) is 17.7 Å². The molecule has 1 heterocycles. The molecule has 0 aliphatic carbocycles. The fourth-order valence-corrected chi connectivity index (χ4v) is 3.11. The molecule has 2 amide bonds. The van der Waals surface area contributed by atoms with Crippen LogP contribution in [0.25, 0.3) is 0 Å². The van der Waals surface area contributed by atoms with Crippen LogP contribution in [0.15, 0.2) is 48.5 Å². The maximum Gasteiger partial charge on any atom is 0.261 e. The first-order chi connectivity index (χ1) is 11.7. The highest BCUT2D eigenvalue weighted by molar-refractivity contribution is 6.21. The van der Waals surface area contributed by atoms with Crippen molar-refractivity contribution in [3.05, 3.63) is 70.8 Å². The SMILES string of the molecule is CCN(CC)Cc1ccccc1CN1C(=O)c2ccccc2C1=O. The molecule has 124 valence electrons. The van der Waals surface area contributed by atoms with Gasteiger partial charge in [0.2, 0.25) is 0 Å². The largest absolute Gasteiger partial charge is 0.300 e. The van der Waals surface area contributed by atoms with E-state index in [9.17, 15) is 9.59 Å². The van der Waals surface area contributed by atoms with E-state index in [0.29, 0.717) is 17.7 Å². The summed E-state index contributed by atoms with van der Waals surface area (Å²) >= 11 is 0. The first kappa shape index (κ1) is 16.4. The Balaban J connectivity index is 1.85. The van der Waals surface area contributed by atoms with Crippen molar-refractivity contribution in [1.82, 2.24) is 9.80 Å². The summed E-state index contributed by atoms with van der Waals surface area (Å²) in [5, 5.41) is 0. The van der Waals surface area contributed by atoms with E-state index in [1.54, 1.807) is 24.3 Å². The van der Waals surface area contributed by atoms with Crippen LogP contribution in [-0.2, 0) is 13.1 Å². The van der Waals surface area contributed by atoms with Crippen molar-refractivity contribution in [1.29, 1.82) is 0 Å². The minimum Gasteiger partial charge on any atom is -0.300 e. The van der Waals surface area contributed by atoms with E-state index in [0.717, 1.165) is 30.8 Å². The summed E-state index contributed by atoms with van der Waals surface area (Å²) < 4.78 is 0. The molecule has 0 N–H and O–H groups in total. The normalized spacial score (nSPS) is 13.7. The Morgan fingerprint density at radius 1 is 0.792 bits per heavy atom. The Hall–Kier alpha value is -2.46. The summed E-state index contributed by atoms with van der Waals surface area (Å²) in [6.45, 7) is 7.36. The van der Waals surface area contributed by atoms with Gasteiger partial charge in [-0.2, -0.15) is 0 Å². The third-order valence-electron chi connectivity index (χ3n) is 4.61. The molecule has 0 aromatic heterocycles. The molecule has 1 aliphatic rings. The summed E-state index contributed by atoms with van der Waals surface area (Å²) in [4.78, 5) is 28.8. The van der Waals surface area contributed by atoms with Crippen LogP contribution in [0, 0.1) is 0 Å². The quantitative estimate of drug-likeness (QED) is 0.766. The summed E-state index contributed by atoms with van der Waals surface area (Å²) in [5.74, 6) is -0.401. The standard InChI is InChI=1S/C20H22N2O2/c1-3-21(4-2)13-15-9-5-6-10-16(15)14-22-19(23)17-11-7-8-12-18(17)20(22)24/h5-12H,3-4,13-14H2,1-2H3. The van der Waals surface area contributed by atoms with Crippen molar-refractivity contribution in [2.75, 3.05) is 13.1 Å². The fraction of sp³-hybridized carbons (Fsp3) is 0.300. The van der Waals surface area contributed by atoms with Crippen LogP contribution < -0.4 is 0 Å². The van der Waals surface area contributed by atoms with Gasteiger partial charge >= 0.3 is 0 Å². The summed E-state index contributed by atoms with van der Waals surface area (Å²) in [6, 6.07) is 15.1. The van der Waals surface area contributed by atoms with Gasteiger partial charge in [-0.05, 0) is 36.3 Å². The molecule has 24 heavy (non-hydrogen) atoms. The van der Waals surface area contributed by atoms with Crippen LogP contribution in [-0.4, -0.2) is 34.7 Å². The van der Waals surface area contributed by atoms with Crippen molar-refractivity contribution in [2.24, 2.45) is 0 Å². The van der Waals surface area contributed by atoms with Gasteiger partial charge in [-0.15, -0.1) is 0 Å². The summed E-state index contributed by atoms with van der Waals surface area (Å²) in [6.07, 6.45) is 0. The van der Waals surface area contributed by atoms with Crippen LogP contribution in [0.1, 0.15) is 45.7 Å². The van der Waals surface area contributed by atoms with E-state index in [-0.39, 0.29) is 11.8 Å². The monoisotopic (exact) mass is 322 g/mol. The topological polar surface area (TPSA) is 40.6 Å². The first-order valence-electron chi connectivity index (χ1n) is 8.40. The molecule has 0 radical (unpaired) electrons. The van der Waals surface area contributed by atoms with Crippen LogP contribution in [0.2, 0.25) is 0 Å². The van der Waals surface area contributed by atoms with Gasteiger partial charge in [0, 0.05) is 6.54 Å². The minimum atomic E-state index is -0.201. The highest BCUT2D eigenvalue weighted by Crippen LogP contribution is 2.25. The number of fused-ring (bicyclic) bond motifs is 1. The number of hydrogen-bond acceptors (Lipinski definition) is 3. The molecule has 0 atom stereocenters. The highest BCUT2D eigenvalue weighted by atomic mass is 16.2. The van der Waals surface area contributed by atoms with Crippen LogP contribution in [0.3, 0.4) is 0 Å². The average molecular weight is 322 g/mol. The molecule has 2 aromatic carbocycles. The molecule has 0 unspecified atom stereocenters.